The van der Waals surface area contributed by atoms with Gasteiger partial charge in [0.15, 0.2) is 0 Å². The molecule has 1 rings (SSSR count). The highest BCUT2D eigenvalue weighted by atomic mass is 16.4. The third-order valence-corrected chi connectivity index (χ3v) is 5.22. The number of aliphatic hydroxyl groups excluding tert-OH is 1. The summed E-state index contributed by atoms with van der Waals surface area (Å²) in [6.45, 7) is 3.54. The fourth-order valence-electron chi connectivity index (χ4n) is 3.27. The molecule has 1 aliphatic heterocycles. The molecule has 11 heteroatoms. The van der Waals surface area contributed by atoms with Gasteiger partial charge < -0.3 is 37.2 Å². The molecular weight excluding hydrogens is 394 g/mol. The molecule has 1 fully saturated rings. The quantitative estimate of drug-likeness (QED) is 0.195. The van der Waals surface area contributed by atoms with Crippen molar-refractivity contribution in [3.63, 3.8) is 0 Å². The maximum Gasteiger partial charge on any atom is 0.326 e. The zero-order valence-corrected chi connectivity index (χ0v) is 17.7. The van der Waals surface area contributed by atoms with Crippen molar-refractivity contribution in [1.82, 2.24) is 15.5 Å². The van der Waals surface area contributed by atoms with Crippen LogP contribution in [-0.2, 0) is 19.2 Å². The molecule has 30 heavy (non-hydrogen) atoms. The van der Waals surface area contributed by atoms with Crippen molar-refractivity contribution in [3.05, 3.63) is 0 Å². The fraction of sp³-hybridized carbons (Fsp3) is 0.789. The van der Waals surface area contributed by atoms with E-state index >= 15 is 0 Å². The number of nitrogens with zero attached hydrogens (tertiary/aromatic N) is 1. The van der Waals surface area contributed by atoms with Crippen LogP contribution in [0.3, 0.4) is 0 Å². The second kappa shape index (κ2) is 12.5. The molecule has 3 amide bonds. The highest BCUT2D eigenvalue weighted by molar-refractivity contribution is 5.94. The van der Waals surface area contributed by atoms with E-state index in [1.165, 1.54) is 4.90 Å². The number of nitrogens with one attached hydrogen (secondary N) is 2. The fourth-order valence-corrected chi connectivity index (χ4v) is 3.27. The molecule has 4 unspecified atom stereocenters. The topological polar surface area (TPSA) is 188 Å². The molecule has 1 aliphatic rings. The van der Waals surface area contributed by atoms with E-state index in [4.69, 9.17) is 11.5 Å². The molecule has 0 aromatic heterocycles. The Balaban J connectivity index is 2.88. The van der Waals surface area contributed by atoms with Crippen molar-refractivity contribution in [2.75, 3.05) is 19.7 Å². The SMILES string of the molecule is CC(C)C(N)C(=O)NC(CO)C(=O)NC(CCCCN)C(=O)N1CCCC1C(=O)O. The van der Waals surface area contributed by atoms with Crippen LogP contribution >= 0.6 is 0 Å². The van der Waals surface area contributed by atoms with Crippen molar-refractivity contribution in [2.45, 2.75) is 70.1 Å². The molecule has 0 radical (unpaired) electrons. The molecule has 0 aromatic carbocycles. The summed E-state index contributed by atoms with van der Waals surface area (Å²) in [7, 11) is 0. The number of aliphatic hydroxyl groups is 1. The van der Waals surface area contributed by atoms with Gasteiger partial charge in [-0.3, -0.25) is 14.4 Å². The number of unbranched alkanes of at least 4 members (excludes halogenated alkanes) is 1. The summed E-state index contributed by atoms with van der Waals surface area (Å²) in [5, 5.41) is 23.8. The zero-order chi connectivity index (χ0) is 22.8. The molecule has 0 spiro atoms. The highest BCUT2D eigenvalue weighted by Crippen LogP contribution is 2.20. The summed E-state index contributed by atoms with van der Waals surface area (Å²) in [4.78, 5) is 50.4. The maximum atomic E-state index is 13.0. The molecule has 172 valence electrons. The number of hydrogen-bond acceptors (Lipinski definition) is 7. The van der Waals surface area contributed by atoms with Gasteiger partial charge in [0.05, 0.1) is 12.6 Å². The molecular formula is C19H35N5O6. The van der Waals surface area contributed by atoms with Crippen LogP contribution in [-0.4, -0.2) is 82.7 Å². The zero-order valence-electron chi connectivity index (χ0n) is 17.7. The lowest BCUT2D eigenvalue weighted by Gasteiger charge is -2.28. The number of carbonyl (C=O) groups is 4. The molecule has 8 N–H and O–H groups in total. The smallest absolute Gasteiger partial charge is 0.326 e. The van der Waals surface area contributed by atoms with E-state index in [0.29, 0.717) is 38.8 Å². The Hall–Kier alpha value is -2.24. The molecule has 1 heterocycles. The van der Waals surface area contributed by atoms with Gasteiger partial charge in [0.2, 0.25) is 17.7 Å². The van der Waals surface area contributed by atoms with Gasteiger partial charge in [0.1, 0.15) is 18.1 Å². The van der Waals surface area contributed by atoms with E-state index in [1.54, 1.807) is 13.8 Å². The van der Waals surface area contributed by atoms with Gasteiger partial charge >= 0.3 is 5.97 Å². The van der Waals surface area contributed by atoms with Crippen molar-refractivity contribution < 1.29 is 29.4 Å². The highest BCUT2D eigenvalue weighted by Gasteiger charge is 2.38. The average molecular weight is 430 g/mol. The monoisotopic (exact) mass is 429 g/mol. The first kappa shape index (κ1) is 25.8. The first-order valence-electron chi connectivity index (χ1n) is 10.3. The lowest BCUT2D eigenvalue weighted by atomic mass is 10.0. The third kappa shape index (κ3) is 7.22. The Bertz CT molecular complexity index is 614. The predicted molar refractivity (Wildman–Crippen MR) is 109 cm³/mol. The van der Waals surface area contributed by atoms with Gasteiger partial charge in [0, 0.05) is 6.54 Å². The lowest BCUT2D eigenvalue weighted by Crippen LogP contribution is -2.58. The van der Waals surface area contributed by atoms with E-state index in [-0.39, 0.29) is 12.3 Å². The number of carboxylic acids is 1. The minimum absolute atomic E-state index is 0.166. The van der Waals surface area contributed by atoms with Gasteiger partial charge in [-0.1, -0.05) is 13.8 Å². The molecule has 11 nitrogen and oxygen atoms in total. The first-order valence-corrected chi connectivity index (χ1v) is 10.3. The van der Waals surface area contributed by atoms with Gasteiger partial charge in [-0.15, -0.1) is 0 Å². The third-order valence-electron chi connectivity index (χ3n) is 5.22. The minimum Gasteiger partial charge on any atom is -0.480 e. The largest absolute Gasteiger partial charge is 0.480 e. The van der Waals surface area contributed by atoms with E-state index < -0.39 is 54.5 Å². The van der Waals surface area contributed by atoms with Crippen molar-refractivity contribution in [2.24, 2.45) is 17.4 Å². The maximum absolute atomic E-state index is 13.0. The summed E-state index contributed by atoms with van der Waals surface area (Å²) in [5.41, 5.74) is 11.3. The number of carboxylic acid groups (broad SMARTS) is 1. The van der Waals surface area contributed by atoms with Crippen LogP contribution in [0.15, 0.2) is 0 Å². The molecule has 0 saturated carbocycles. The summed E-state index contributed by atoms with van der Waals surface area (Å²) < 4.78 is 0. The van der Waals surface area contributed by atoms with Crippen LogP contribution in [0.25, 0.3) is 0 Å². The Labute approximate surface area is 176 Å². The van der Waals surface area contributed by atoms with Crippen molar-refractivity contribution >= 4 is 23.7 Å². The number of rotatable bonds is 12. The van der Waals surface area contributed by atoms with Gasteiger partial charge in [-0.25, -0.2) is 4.79 Å². The van der Waals surface area contributed by atoms with Crippen LogP contribution < -0.4 is 22.1 Å². The predicted octanol–water partition coefficient (Wildman–Crippen LogP) is -1.86. The first-order chi connectivity index (χ1) is 14.1. The van der Waals surface area contributed by atoms with Crippen molar-refractivity contribution in [3.8, 4) is 0 Å². The number of likely N-dealkylation sites (tertiary alicyclic amines) is 1. The lowest BCUT2D eigenvalue weighted by molar-refractivity contribution is -0.149. The van der Waals surface area contributed by atoms with Crippen LogP contribution in [0.1, 0.15) is 46.0 Å². The normalized spacial score (nSPS) is 19.3. The van der Waals surface area contributed by atoms with Gasteiger partial charge in [0.25, 0.3) is 0 Å². The number of hydrogen-bond donors (Lipinski definition) is 6. The Kier molecular flexibility index (Phi) is 10.7. The summed E-state index contributed by atoms with van der Waals surface area (Å²) in [5.74, 6) is -3.07. The van der Waals surface area contributed by atoms with E-state index in [9.17, 15) is 29.4 Å². The Morgan fingerprint density at radius 1 is 1.10 bits per heavy atom. The second-order valence-corrected chi connectivity index (χ2v) is 7.89. The molecule has 0 bridgehead atoms. The molecule has 0 aliphatic carbocycles. The van der Waals surface area contributed by atoms with E-state index in [1.807, 2.05) is 0 Å². The second-order valence-electron chi connectivity index (χ2n) is 7.89. The number of nitrogens with two attached hydrogens (primary N) is 2. The minimum atomic E-state index is -1.28. The van der Waals surface area contributed by atoms with Crippen LogP contribution in [0.5, 0.6) is 0 Å². The number of carbonyl (C=O) groups excluding carboxylic acids is 3. The van der Waals surface area contributed by atoms with Gasteiger partial charge in [-0.05, 0) is 44.6 Å². The van der Waals surface area contributed by atoms with Gasteiger partial charge in [-0.2, -0.15) is 0 Å². The Morgan fingerprint density at radius 2 is 1.73 bits per heavy atom. The average Bonchev–Trinajstić information content (AvgIpc) is 3.20. The molecule has 4 atom stereocenters. The number of aliphatic carboxylic acids is 1. The standard InChI is InChI=1S/C19H35N5O6/c1-11(2)15(21)17(27)23-13(10-25)16(26)22-12(6-3-4-8-20)18(28)24-9-5-7-14(24)19(29)30/h11-15,25H,3-10,20-21H2,1-2H3,(H,22,26)(H,23,27)(H,29,30). The van der Waals surface area contributed by atoms with Crippen LogP contribution in [0.2, 0.25) is 0 Å². The molecule has 1 saturated heterocycles. The summed E-state index contributed by atoms with van der Waals surface area (Å²) >= 11 is 0. The van der Waals surface area contributed by atoms with Crippen molar-refractivity contribution in [1.29, 1.82) is 0 Å². The summed E-state index contributed by atoms with van der Waals surface area (Å²) in [6.07, 6.45) is 2.36. The van der Waals surface area contributed by atoms with Crippen LogP contribution in [0.4, 0.5) is 0 Å². The Morgan fingerprint density at radius 3 is 2.27 bits per heavy atom. The summed E-state index contributed by atoms with van der Waals surface area (Å²) in [6, 6.07) is -4.03. The van der Waals surface area contributed by atoms with E-state index in [0.717, 1.165) is 0 Å². The van der Waals surface area contributed by atoms with Crippen LogP contribution in [0, 0.1) is 5.92 Å². The number of amides is 3. The molecule has 0 aromatic rings. The van der Waals surface area contributed by atoms with E-state index in [2.05, 4.69) is 10.6 Å².